The first-order valence-corrected chi connectivity index (χ1v) is 20.4. The largest absolute Gasteiger partial charge is 0.462 e. The van der Waals surface area contributed by atoms with Crippen molar-refractivity contribution in [3.05, 3.63) is 53.6 Å². The average molecular weight is 691 g/mol. The molecule has 0 aliphatic rings. The Morgan fingerprint density at radius 3 is 1.23 bits per heavy atom. The summed E-state index contributed by atoms with van der Waals surface area (Å²) < 4.78 is 43.7. The number of unbranched alkanes of at least 4 members (excludes halogenated alkanes) is 22. The molecule has 0 amide bonds. The van der Waals surface area contributed by atoms with Crippen molar-refractivity contribution in [1.29, 1.82) is 0 Å². The molecule has 1 N–H and O–H groups in total. The van der Waals surface area contributed by atoms with Crippen LogP contribution in [0.5, 0.6) is 0 Å². The second-order valence-electron chi connectivity index (χ2n) is 12.9. The first kappa shape index (κ1) is 43.6. The first-order chi connectivity index (χ1) is 23.3. The van der Waals surface area contributed by atoms with Crippen LogP contribution >= 0.6 is 0 Å². The van der Waals surface area contributed by atoms with E-state index in [1.54, 1.807) is 0 Å². The topological polar surface area (TPSA) is 107 Å². The smallest absolute Gasteiger partial charge is 0.339 e. The van der Waals surface area contributed by atoms with Crippen LogP contribution in [0.3, 0.4) is 0 Å². The summed E-state index contributed by atoms with van der Waals surface area (Å²) in [4.78, 5) is 25.2. The van der Waals surface area contributed by atoms with Crippen LogP contribution in [0.2, 0.25) is 0 Å². The van der Waals surface area contributed by atoms with Crippen molar-refractivity contribution in [2.75, 3.05) is 13.2 Å². The highest BCUT2D eigenvalue weighted by atomic mass is 32.2. The number of hydrogen-bond donors (Lipinski definition) is 1. The van der Waals surface area contributed by atoms with E-state index >= 15 is 0 Å². The van der Waals surface area contributed by atoms with Gasteiger partial charge in [0.25, 0.3) is 10.1 Å². The third kappa shape index (κ3) is 23.0. The quantitative estimate of drug-likeness (QED) is 0.0357. The zero-order valence-corrected chi connectivity index (χ0v) is 31.0. The number of ether oxygens (including phenoxy) is 2. The van der Waals surface area contributed by atoms with Gasteiger partial charge in [0.05, 0.1) is 29.2 Å². The standard InChI is InChI=1S/C40H66O7S/c1-3-5-7-9-11-13-15-17-19-21-23-25-27-29-33-46-39(41)37-32-31-36(48(43,44)45)35-38(37)40(42)47-34-30-28-26-24-22-20-18-16-14-12-10-8-6-4-2/h3-6,31-32,35H,7-30,33-34H2,1-2H3,(H,43,44,45)/b5-3+,6-4+. The fourth-order valence-corrected chi connectivity index (χ4v) is 6.27. The predicted octanol–water partition coefficient (Wildman–Crippen LogP) is 11.8. The van der Waals surface area contributed by atoms with E-state index in [-0.39, 0.29) is 24.3 Å². The Hall–Kier alpha value is -2.45. The van der Waals surface area contributed by atoms with Gasteiger partial charge in [-0.2, -0.15) is 8.42 Å². The first-order valence-electron chi connectivity index (χ1n) is 19.0. The molecule has 7 nitrogen and oxygen atoms in total. The summed E-state index contributed by atoms with van der Waals surface area (Å²) in [5, 5.41) is 0. The van der Waals surface area contributed by atoms with Crippen LogP contribution in [0.1, 0.15) is 189 Å². The molecule has 0 aliphatic heterocycles. The van der Waals surface area contributed by atoms with Crippen LogP contribution < -0.4 is 0 Å². The van der Waals surface area contributed by atoms with Crippen molar-refractivity contribution in [1.82, 2.24) is 0 Å². The lowest BCUT2D eigenvalue weighted by molar-refractivity contribution is 0.0450. The van der Waals surface area contributed by atoms with E-state index < -0.39 is 27.0 Å². The number of esters is 2. The van der Waals surface area contributed by atoms with Gasteiger partial charge in [-0.15, -0.1) is 0 Å². The van der Waals surface area contributed by atoms with E-state index in [2.05, 4.69) is 38.2 Å². The maximum atomic E-state index is 12.9. The molecule has 1 aromatic rings. The van der Waals surface area contributed by atoms with Crippen LogP contribution in [0, 0.1) is 0 Å². The second kappa shape index (κ2) is 29.5. The van der Waals surface area contributed by atoms with Crippen molar-refractivity contribution >= 4 is 22.1 Å². The molecule has 0 fully saturated rings. The molecule has 0 aliphatic carbocycles. The van der Waals surface area contributed by atoms with Crippen LogP contribution in [0.4, 0.5) is 0 Å². The van der Waals surface area contributed by atoms with Crippen molar-refractivity contribution in [2.45, 2.75) is 173 Å². The number of benzene rings is 1. The van der Waals surface area contributed by atoms with E-state index in [0.29, 0.717) is 6.42 Å². The molecule has 0 spiro atoms. The van der Waals surface area contributed by atoms with E-state index in [4.69, 9.17) is 9.47 Å². The second-order valence-corrected chi connectivity index (χ2v) is 14.4. The SMILES string of the molecule is C/C=C/CCCCCCCCCCCCCOC(=O)c1ccc(S(=O)(=O)O)cc1C(=O)OCCCCCCCCCCCCC/C=C/C. The summed E-state index contributed by atoms with van der Waals surface area (Å²) in [6.45, 7) is 4.53. The lowest BCUT2D eigenvalue weighted by Gasteiger charge is -2.11. The van der Waals surface area contributed by atoms with Gasteiger partial charge in [-0.25, -0.2) is 9.59 Å². The zero-order valence-electron chi connectivity index (χ0n) is 30.2. The summed E-state index contributed by atoms with van der Waals surface area (Å²) in [6, 6.07) is 3.28. The van der Waals surface area contributed by atoms with Crippen LogP contribution in [-0.4, -0.2) is 38.1 Å². The van der Waals surface area contributed by atoms with Gasteiger partial charge < -0.3 is 9.47 Å². The van der Waals surface area contributed by atoms with Gasteiger partial charge in [0.1, 0.15) is 0 Å². The lowest BCUT2D eigenvalue weighted by atomic mass is 10.1. The predicted molar refractivity (Wildman–Crippen MR) is 197 cm³/mol. The molecule has 1 aromatic carbocycles. The molecule has 0 radical (unpaired) electrons. The summed E-state index contributed by atoms with van der Waals surface area (Å²) in [7, 11) is -4.56. The fraction of sp³-hybridized carbons (Fsp3) is 0.700. The summed E-state index contributed by atoms with van der Waals surface area (Å²) in [5.41, 5.74) is -0.276. The summed E-state index contributed by atoms with van der Waals surface area (Å²) >= 11 is 0. The van der Waals surface area contributed by atoms with E-state index in [9.17, 15) is 22.6 Å². The molecular formula is C40H66O7S. The molecule has 0 saturated carbocycles. The molecule has 0 heterocycles. The Kier molecular flexibility index (Phi) is 26.7. The van der Waals surface area contributed by atoms with Crippen molar-refractivity contribution in [3.63, 3.8) is 0 Å². The van der Waals surface area contributed by atoms with Crippen molar-refractivity contribution in [3.8, 4) is 0 Å². The number of carbonyl (C=O) groups is 2. The fourth-order valence-electron chi connectivity index (χ4n) is 5.76. The monoisotopic (exact) mass is 690 g/mol. The molecule has 0 unspecified atom stereocenters. The maximum Gasteiger partial charge on any atom is 0.339 e. The molecule has 274 valence electrons. The summed E-state index contributed by atoms with van der Waals surface area (Å²) in [6.07, 6.45) is 36.8. The van der Waals surface area contributed by atoms with Gasteiger partial charge in [-0.1, -0.05) is 140 Å². The third-order valence-corrected chi connectivity index (χ3v) is 9.55. The lowest BCUT2D eigenvalue weighted by Crippen LogP contribution is -2.16. The number of hydrogen-bond acceptors (Lipinski definition) is 6. The Morgan fingerprint density at radius 1 is 0.542 bits per heavy atom. The van der Waals surface area contributed by atoms with Crippen LogP contribution in [0.15, 0.2) is 47.4 Å². The minimum atomic E-state index is -4.56. The Labute approximate surface area is 293 Å². The van der Waals surface area contributed by atoms with Gasteiger partial charge in [0, 0.05) is 0 Å². The highest BCUT2D eigenvalue weighted by molar-refractivity contribution is 7.85. The normalized spacial score (nSPS) is 11.9. The average Bonchev–Trinajstić information content (AvgIpc) is 3.07. The Balaban J connectivity index is 2.29. The van der Waals surface area contributed by atoms with Gasteiger partial charge in [-0.05, 0) is 70.6 Å². The van der Waals surface area contributed by atoms with Crippen molar-refractivity contribution in [2.24, 2.45) is 0 Å². The molecule has 48 heavy (non-hydrogen) atoms. The molecule has 0 bridgehead atoms. The molecule has 0 saturated heterocycles. The minimum Gasteiger partial charge on any atom is -0.462 e. The maximum absolute atomic E-state index is 12.9. The Bertz CT molecular complexity index is 1140. The number of allylic oxidation sites excluding steroid dienone is 4. The highest BCUT2D eigenvalue weighted by Crippen LogP contribution is 2.20. The van der Waals surface area contributed by atoms with E-state index in [1.165, 1.54) is 115 Å². The van der Waals surface area contributed by atoms with E-state index in [1.807, 2.05) is 0 Å². The van der Waals surface area contributed by atoms with Gasteiger partial charge in [0.2, 0.25) is 0 Å². The molecule has 0 aromatic heterocycles. The van der Waals surface area contributed by atoms with Gasteiger partial charge in [-0.3, -0.25) is 4.55 Å². The van der Waals surface area contributed by atoms with Crippen molar-refractivity contribution < 1.29 is 32.0 Å². The van der Waals surface area contributed by atoms with E-state index in [0.717, 1.165) is 50.7 Å². The summed E-state index contributed by atoms with van der Waals surface area (Å²) in [5.74, 6) is -1.50. The Morgan fingerprint density at radius 2 is 0.875 bits per heavy atom. The van der Waals surface area contributed by atoms with Crippen LogP contribution in [-0.2, 0) is 19.6 Å². The molecule has 0 atom stereocenters. The number of rotatable bonds is 31. The van der Waals surface area contributed by atoms with Gasteiger partial charge in [0.15, 0.2) is 0 Å². The third-order valence-electron chi connectivity index (χ3n) is 8.70. The van der Waals surface area contributed by atoms with Gasteiger partial charge >= 0.3 is 11.9 Å². The molecule has 1 rings (SSSR count). The zero-order chi connectivity index (χ0) is 35.1. The van der Waals surface area contributed by atoms with Crippen LogP contribution in [0.25, 0.3) is 0 Å². The minimum absolute atomic E-state index is 0.0629. The highest BCUT2D eigenvalue weighted by Gasteiger charge is 2.23. The molecular weight excluding hydrogens is 624 g/mol. The molecule has 8 heteroatoms. The number of carbonyl (C=O) groups excluding carboxylic acids is 2.